The number of hydrogen-bond acceptors (Lipinski definition) is 7. The van der Waals surface area contributed by atoms with E-state index in [9.17, 15) is 14.9 Å². The van der Waals surface area contributed by atoms with Crippen LogP contribution in [0, 0.1) is 10.1 Å². The molecule has 0 N–H and O–H groups in total. The topological polar surface area (TPSA) is 116 Å². The first-order valence-electron chi connectivity index (χ1n) is 7.63. The Morgan fingerprint density at radius 3 is 2.85 bits per heavy atom. The molecule has 10 heteroatoms. The zero-order chi connectivity index (χ0) is 18.3. The quantitative estimate of drug-likeness (QED) is 0.508. The first kappa shape index (κ1) is 16.3. The highest BCUT2D eigenvalue weighted by molar-refractivity contribution is 6.31. The molecule has 0 unspecified atom stereocenters. The van der Waals surface area contributed by atoms with Gasteiger partial charge in [0, 0.05) is 24.2 Å². The van der Waals surface area contributed by atoms with Crippen LogP contribution >= 0.6 is 11.6 Å². The molecule has 0 radical (unpaired) electrons. The number of aromatic nitrogens is 2. The van der Waals surface area contributed by atoms with E-state index >= 15 is 0 Å². The molecular formula is C16H11ClN4O5. The minimum absolute atomic E-state index is 0.0391. The van der Waals surface area contributed by atoms with Crippen molar-refractivity contribution >= 4 is 23.2 Å². The lowest BCUT2D eigenvalue weighted by Gasteiger charge is -2.36. The van der Waals surface area contributed by atoms with Gasteiger partial charge in [-0.25, -0.2) is 0 Å². The number of likely N-dealkylation sites (tertiary alicyclic amines) is 1. The second-order valence-electron chi connectivity index (χ2n) is 5.76. The molecule has 3 aromatic rings. The van der Waals surface area contributed by atoms with Crippen LogP contribution in [0.5, 0.6) is 0 Å². The van der Waals surface area contributed by atoms with Crippen molar-refractivity contribution in [3.63, 3.8) is 0 Å². The van der Waals surface area contributed by atoms with E-state index in [4.69, 9.17) is 20.5 Å². The van der Waals surface area contributed by atoms with E-state index in [1.54, 1.807) is 12.1 Å². The third kappa shape index (κ3) is 2.82. The second kappa shape index (κ2) is 6.26. The fraction of sp³-hybridized carbons (Fsp3) is 0.188. The van der Waals surface area contributed by atoms with Crippen LogP contribution in [0.1, 0.15) is 22.2 Å². The number of carbonyl (C=O) groups excluding carboxylic acids is 1. The van der Waals surface area contributed by atoms with Gasteiger partial charge in [-0.3, -0.25) is 14.9 Å². The van der Waals surface area contributed by atoms with Crippen LogP contribution in [0.2, 0.25) is 5.02 Å². The van der Waals surface area contributed by atoms with E-state index in [-0.39, 0.29) is 22.2 Å². The fourth-order valence-corrected chi connectivity index (χ4v) is 2.89. The largest absolute Gasteiger partial charge is 0.461 e. The lowest BCUT2D eigenvalue weighted by Crippen LogP contribution is -2.48. The normalized spacial score (nSPS) is 14.3. The van der Waals surface area contributed by atoms with Crippen LogP contribution < -0.4 is 0 Å². The van der Waals surface area contributed by atoms with Crippen molar-refractivity contribution in [3.05, 3.63) is 63.2 Å². The smallest absolute Gasteiger partial charge is 0.282 e. The molecule has 0 atom stereocenters. The van der Waals surface area contributed by atoms with Gasteiger partial charge in [-0.05, 0) is 24.3 Å². The fourth-order valence-electron chi connectivity index (χ4n) is 2.72. The monoisotopic (exact) mass is 374 g/mol. The molecule has 3 heterocycles. The summed E-state index contributed by atoms with van der Waals surface area (Å²) in [6.45, 7) is 0.643. The van der Waals surface area contributed by atoms with Crippen LogP contribution in [0.25, 0.3) is 11.6 Å². The Hall–Kier alpha value is -3.20. The molecule has 0 bridgehead atoms. The summed E-state index contributed by atoms with van der Waals surface area (Å²) >= 11 is 5.87. The first-order chi connectivity index (χ1) is 12.5. The lowest BCUT2D eigenvalue weighted by molar-refractivity contribution is -0.385. The van der Waals surface area contributed by atoms with Crippen LogP contribution in [0.3, 0.4) is 0 Å². The predicted octanol–water partition coefficient (Wildman–Crippen LogP) is 3.13. The molecule has 1 amide bonds. The summed E-state index contributed by atoms with van der Waals surface area (Å²) < 4.78 is 10.4. The van der Waals surface area contributed by atoms with Gasteiger partial charge < -0.3 is 13.8 Å². The van der Waals surface area contributed by atoms with E-state index in [1.165, 1.54) is 29.4 Å². The zero-order valence-corrected chi connectivity index (χ0v) is 13.9. The van der Waals surface area contributed by atoms with E-state index in [1.807, 2.05) is 0 Å². The van der Waals surface area contributed by atoms with Crippen molar-refractivity contribution in [1.82, 2.24) is 15.0 Å². The lowest BCUT2D eigenvalue weighted by atomic mass is 9.98. The molecule has 1 saturated heterocycles. The average molecular weight is 375 g/mol. The Bertz CT molecular complexity index is 978. The number of benzene rings is 1. The molecule has 2 aromatic heterocycles. The Labute approximate surface area is 151 Å². The summed E-state index contributed by atoms with van der Waals surface area (Å²) in [6, 6.07) is 7.33. The molecule has 1 aromatic carbocycles. The number of nitro benzene ring substituents is 1. The van der Waals surface area contributed by atoms with Gasteiger partial charge in [-0.1, -0.05) is 16.8 Å². The number of halogens is 1. The van der Waals surface area contributed by atoms with Crippen LogP contribution in [-0.2, 0) is 0 Å². The summed E-state index contributed by atoms with van der Waals surface area (Å²) in [5.41, 5.74) is -0.316. The number of furan rings is 1. The van der Waals surface area contributed by atoms with Crippen LogP contribution in [-0.4, -0.2) is 39.0 Å². The number of amides is 1. The van der Waals surface area contributed by atoms with Gasteiger partial charge in [0.15, 0.2) is 5.76 Å². The zero-order valence-electron chi connectivity index (χ0n) is 13.2. The van der Waals surface area contributed by atoms with Gasteiger partial charge in [0.2, 0.25) is 11.7 Å². The van der Waals surface area contributed by atoms with Crippen molar-refractivity contribution in [2.24, 2.45) is 0 Å². The average Bonchev–Trinajstić information content (AvgIpc) is 3.24. The van der Waals surface area contributed by atoms with Gasteiger partial charge in [0.25, 0.3) is 11.6 Å². The van der Waals surface area contributed by atoms with Crippen molar-refractivity contribution in [2.75, 3.05) is 13.1 Å². The molecule has 1 aliphatic rings. The molecule has 0 aliphatic carbocycles. The molecule has 0 spiro atoms. The minimum atomic E-state index is -0.603. The van der Waals surface area contributed by atoms with Gasteiger partial charge in [0.05, 0.1) is 17.1 Å². The molecule has 1 fully saturated rings. The van der Waals surface area contributed by atoms with Crippen LogP contribution in [0.4, 0.5) is 5.69 Å². The summed E-state index contributed by atoms with van der Waals surface area (Å²) in [5.74, 6) is 0.623. The molecule has 132 valence electrons. The third-order valence-electron chi connectivity index (χ3n) is 4.09. The SMILES string of the molecule is O=C(c1cc(Cl)ccc1[N+](=O)[O-])N1CC(c2nc(-c3ccco3)no2)C1. The van der Waals surface area contributed by atoms with E-state index in [0.717, 1.165) is 0 Å². The van der Waals surface area contributed by atoms with E-state index in [0.29, 0.717) is 30.6 Å². The Morgan fingerprint density at radius 2 is 2.15 bits per heavy atom. The highest BCUT2D eigenvalue weighted by Crippen LogP contribution is 2.31. The molecule has 1 aliphatic heterocycles. The summed E-state index contributed by atoms with van der Waals surface area (Å²) in [5, 5.41) is 15.2. The van der Waals surface area contributed by atoms with Gasteiger partial charge in [0.1, 0.15) is 5.56 Å². The molecule has 4 rings (SSSR count). The summed E-state index contributed by atoms with van der Waals surface area (Å²) in [7, 11) is 0. The number of nitro groups is 1. The molecule has 26 heavy (non-hydrogen) atoms. The van der Waals surface area contributed by atoms with Crippen molar-refractivity contribution in [2.45, 2.75) is 5.92 Å². The maximum Gasteiger partial charge on any atom is 0.282 e. The van der Waals surface area contributed by atoms with Crippen molar-refractivity contribution in [1.29, 1.82) is 0 Å². The van der Waals surface area contributed by atoms with Gasteiger partial charge in [-0.15, -0.1) is 0 Å². The minimum Gasteiger partial charge on any atom is -0.461 e. The summed E-state index contributed by atoms with van der Waals surface area (Å²) in [4.78, 5) is 28.8. The number of hydrogen-bond donors (Lipinski definition) is 0. The maximum absolute atomic E-state index is 12.6. The Morgan fingerprint density at radius 1 is 1.35 bits per heavy atom. The number of rotatable bonds is 4. The van der Waals surface area contributed by atoms with Crippen molar-refractivity contribution in [3.8, 4) is 11.6 Å². The first-order valence-corrected chi connectivity index (χ1v) is 8.01. The second-order valence-corrected chi connectivity index (χ2v) is 6.20. The number of nitrogens with zero attached hydrogens (tertiary/aromatic N) is 4. The Kier molecular flexibility index (Phi) is 3.92. The third-order valence-corrected chi connectivity index (χ3v) is 4.32. The molecule has 0 saturated carbocycles. The summed E-state index contributed by atoms with van der Waals surface area (Å²) in [6.07, 6.45) is 1.51. The maximum atomic E-state index is 12.6. The van der Waals surface area contributed by atoms with E-state index in [2.05, 4.69) is 10.1 Å². The van der Waals surface area contributed by atoms with Gasteiger partial charge in [-0.2, -0.15) is 4.98 Å². The molecular weight excluding hydrogens is 364 g/mol. The van der Waals surface area contributed by atoms with Crippen LogP contribution in [0.15, 0.2) is 45.5 Å². The van der Waals surface area contributed by atoms with Gasteiger partial charge >= 0.3 is 0 Å². The Balaban J connectivity index is 1.48. The predicted molar refractivity (Wildman–Crippen MR) is 88.8 cm³/mol. The highest BCUT2D eigenvalue weighted by atomic mass is 35.5. The molecule has 9 nitrogen and oxygen atoms in total. The highest BCUT2D eigenvalue weighted by Gasteiger charge is 2.38. The standard InChI is InChI=1S/C16H11ClN4O5/c17-10-3-4-12(21(23)24)11(6-10)16(22)20-7-9(8-20)15-18-14(19-26-15)13-2-1-5-25-13/h1-6,9H,7-8H2. The van der Waals surface area contributed by atoms with Crippen molar-refractivity contribution < 1.29 is 18.7 Å². The van der Waals surface area contributed by atoms with E-state index < -0.39 is 10.8 Å². The number of carbonyl (C=O) groups is 1.